The molecular formula is C44H63NO21S. The van der Waals surface area contributed by atoms with Crippen molar-refractivity contribution in [2.45, 2.75) is 154 Å². The summed E-state index contributed by atoms with van der Waals surface area (Å²) < 4.78 is 92.5. The fourth-order valence-electron chi connectivity index (χ4n) is 7.22. The van der Waals surface area contributed by atoms with Gasteiger partial charge in [0.05, 0.1) is 30.7 Å². The Morgan fingerprint density at radius 3 is 1.63 bits per heavy atom. The van der Waals surface area contributed by atoms with Gasteiger partial charge in [0.2, 0.25) is 5.91 Å². The Morgan fingerprint density at radius 2 is 1.10 bits per heavy atom. The van der Waals surface area contributed by atoms with E-state index in [9.17, 15) is 52.9 Å². The van der Waals surface area contributed by atoms with Crippen LogP contribution >= 0.6 is 0 Å². The number of nitrogens with one attached hydrogen (secondary N) is 1. The Morgan fingerprint density at radius 1 is 0.612 bits per heavy atom. The number of hydrogen-bond donors (Lipinski definition) is 7. The maximum absolute atomic E-state index is 13.1. The van der Waals surface area contributed by atoms with E-state index >= 15 is 0 Å². The zero-order valence-corrected chi connectivity index (χ0v) is 39.0. The van der Waals surface area contributed by atoms with Gasteiger partial charge in [0.25, 0.3) is 0 Å². The average Bonchev–Trinajstić information content (AvgIpc) is 3.25. The minimum atomic E-state index is -5.39. The SMILES string of the molecule is CC(=O)N[C@H]1[C@H](O[C@@H]2[C@@H](O)[C@H](O)O[C@H](COC(=O)C(C)(C)C)[C@@H]2O)O[C@H](COCc2ccccc2)[C@@H](OCc2ccccc2)[C@@H]1O[C@@H]1O[C@H](COC(=O)C(C)(C)C)[C@H](O)[C@H](OS(=O)(=O)O)[C@H]1O. The summed E-state index contributed by atoms with van der Waals surface area (Å²) in [6, 6.07) is 16.2. The van der Waals surface area contributed by atoms with Crippen LogP contribution in [-0.4, -0.2) is 168 Å². The third-order valence-corrected chi connectivity index (χ3v) is 11.3. The minimum Gasteiger partial charge on any atom is -0.462 e. The molecule has 0 spiro atoms. The molecule has 22 nitrogen and oxygen atoms in total. The molecule has 5 rings (SSSR count). The molecule has 23 heteroatoms. The Kier molecular flexibility index (Phi) is 18.8. The third-order valence-electron chi connectivity index (χ3n) is 10.8. The summed E-state index contributed by atoms with van der Waals surface area (Å²) in [6.07, 6.45) is -25.3. The van der Waals surface area contributed by atoms with E-state index in [1.165, 1.54) is 0 Å². The van der Waals surface area contributed by atoms with Crippen LogP contribution in [0.5, 0.6) is 0 Å². The lowest BCUT2D eigenvalue weighted by Crippen LogP contribution is -2.70. The maximum atomic E-state index is 13.1. The number of rotatable bonds is 18. The summed E-state index contributed by atoms with van der Waals surface area (Å²) in [5, 5.41) is 59.1. The molecule has 3 heterocycles. The molecule has 3 aliphatic rings. The summed E-state index contributed by atoms with van der Waals surface area (Å²) in [7, 11) is -5.39. The van der Waals surface area contributed by atoms with Crippen LogP contribution < -0.4 is 5.32 Å². The summed E-state index contributed by atoms with van der Waals surface area (Å²) in [4.78, 5) is 38.5. The first-order valence-electron chi connectivity index (χ1n) is 21.6. The molecule has 2 aromatic carbocycles. The molecule has 0 unspecified atom stereocenters. The van der Waals surface area contributed by atoms with Crippen molar-refractivity contribution in [3.05, 3.63) is 71.8 Å². The van der Waals surface area contributed by atoms with E-state index in [-0.39, 0.29) is 19.8 Å². The summed E-state index contributed by atoms with van der Waals surface area (Å²) in [6.45, 7) is 8.86. The predicted molar refractivity (Wildman–Crippen MR) is 228 cm³/mol. The average molecular weight is 974 g/mol. The van der Waals surface area contributed by atoms with Crippen LogP contribution in [0, 0.1) is 10.8 Å². The van der Waals surface area contributed by atoms with Gasteiger partial charge in [0.1, 0.15) is 86.4 Å². The molecule has 15 atom stereocenters. The highest BCUT2D eigenvalue weighted by Crippen LogP contribution is 2.36. The van der Waals surface area contributed by atoms with Crippen LogP contribution in [0.4, 0.5) is 0 Å². The second-order valence-electron chi connectivity index (χ2n) is 18.5. The summed E-state index contributed by atoms with van der Waals surface area (Å²) in [5.74, 6) is -2.14. The van der Waals surface area contributed by atoms with Gasteiger partial charge < -0.3 is 73.5 Å². The van der Waals surface area contributed by atoms with Crippen molar-refractivity contribution in [1.29, 1.82) is 0 Å². The van der Waals surface area contributed by atoms with E-state index in [1.54, 1.807) is 96.1 Å². The molecule has 7 N–H and O–H groups in total. The lowest BCUT2D eigenvalue weighted by molar-refractivity contribution is -0.366. The molecule has 1 amide bonds. The van der Waals surface area contributed by atoms with Gasteiger partial charge in [-0.1, -0.05) is 60.7 Å². The molecule has 0 saturated carbocycles. The van der Waals surface area contributed by atoms with Gasteiger partial charge in [0, 0.05) is 6.92 Å². The first-order chi connectivity index (χ1) is 31.3. The first kappa shape index (κ1) is 54.2. The first-order valence-corrected chi connectivity index (χ1v) is 22.9. The number of ether oxygens (including phenoxy) is 9. The second kappa shape index (κ2) is 23.2. The zero-order valence-electron chi connectivity index (χ0n) is 38.2. The predicted octanol–water partition coefficient (Wildman–Crippen LogP) is 0.0409. The van der Waals surface area contributed by atoms with Crippen molar-refractivity contribution in [3.63, 3.8) is 0 Å². The standard InChI is InChI=1S/C44H63NO21S/c1-23(46)45-29-35(64-40-33(50)37(66-67(54,55)56)31(48)27(62-40)22-60-42(53)44(5,6)7)34(58-19-25-16-12-9-13-17-25)28(20-57-18-24-14-10-8-11-15-24)63-39(29)65-36-30(47)26(61-38(51)32(36)49)21-59-41(52)43(2,3)4/h8-17,26-40,47-51H,18-22H2,1-7H3,(H,45,46)(H,54,55,56)/t26-,27-,28-,29-,30+,31+,32-,33-,34-,35-,36+,37+,38-,39+,40+/m1/s1. The summed E-state index contributed by atoms with van der Waals surface area (Å²) >= 11 is 0. The van der Waals surface area contributed by atoms with E-state index < -0.39 is 144 Å². The number of benzene rings is 2. The van der Waals surface area contributed by atoms with Crippen LogP contribution in [0.25, 0.3) is 0 Å². The van der Waals surface area contributed by atoms with Gasteiger partial charge in [-0.3, -0.25) is 18.9 Å². The molecule has 3 fully saturated rings. The van der Waals surface area contributed by atoms with Crippen molar-refractivity contribution in [2.24, 2.45) is 10.8 Å². The molecule has 3 aliphatic heterocycles. The number of aliphatic hydroxyl groups is 5. The topological polar surface area (TPSA) is 311 Å². The smallest absolute Gasteiger partial charge is 0.397 e. The normalized spacial score (nSPS) is 32.8. The Labute approximate surface area is 388 Å². The molecule has 67 heavy (non-hydrogen) atoms. The van der Waals surface area contributed by atoms with E-state index in [0.29, 0.717) is 5.56 Å². The van der Waals surface area contributed by atoms with Gasteiger partial charge in [-0.15, -0.1) is 0 Å². The van der Waals surface area contributed by atoms with Crippen LogP contribution in [0.2, 0.25) is 0 Å². The highest BCUT2D eigenvalue weighted by molar-refractivity contribution is 7.80. The summed E-state index contributed by atoms with van der Waals surface area (Å²) in [5.41, 5.74) is -0.580. The fourth-order valence-corrected chi connectivity index (χ4v) is 7.73. The quantitative estimate of drug-likeness (QED) is 0.0766. The highest BCUT2D eigenvalue weighted by atomic mass is 32.3. The van der Waals surface area contributed by atoms with Crippen molar-refractivity contribution in [3.8, 4) is 0 Å². The monoisotopic (exact) mass is 973 g/mol. The van der Waals surface area contributed by atoms with E-state index in [2.05, 4.69) is 5.32 Å². The molecular weight excluding hydrogens is 911 g/mol. The van der Waals surface area contributed by atoms with E-state index in [4.69, 9.17) is 46.8 Å². The molecule has 3 saturated heterocycles. The lowest BCUT2D eigenvalue weighted by atomic mass is 9.94. The molecule has 2 aromatic rings. The van der Waals surface area contributed by atoms with Crippen LogP contribution in [0.1, 0.15) is 59.6 Å². The number of amides is 1. The van der Waals surface area contributed by atoms with Crippen molar-refractivity contribution in [1.82, 2.24) is 5.32 Å². The van der Waals surface area contributed by atoms with Gasteiger partial charge in [-0.2, -0.15) is 8.42 Å². The fraction of sp³-hybridized carbons (Fsp3) is 0.659. The molecule has 0 aromatic heterocycles. The lowest BCUT2D eigenvalue weighted by Gasteiger charge is -2.50. The number of hydrogen-bond acceptors (Lipinski definition) is 20. The second-order valence-corrected chi connectivity index (χ2v) is 19.5. The number of carbonyl (C=O) groups excluding carboxylic acids is 3. The van der Waals surface area contributed by atoms with Crippen LogP contribution in [0.15, 0.2) is 60.7 Å². The Hall–Kier alpha value is -3.76. The molecule has 0 aliphatic carbocycles. The number of aliphatic hydroxyl groups excluding tert-OH is 5. The maximum Gasteiger partial charge on any atom is 0.397 e. The number of carbonyl (C=O) groups is 3. The van der Waals surface area contributed by atoms with Crippen molar-refractivity contribution >= 4 is 28.2 Å². The van der Waals surface area contributed by atoms with Crippen LogP contribution in [0.3, 0.4) is 0 Å². The van der Waals surface area contributed by atoms with Gasteiger partial charge in [-0.05, 0) is 52.7 Å². The van der Waals surface area contributed by atoms with E-state index in [1.807, 2.05) is 6.07 Å². The van der Waals surface area contributed by atoms with Crippen molar-refractivity contribution in [2.75, 3.05) is 19.8 Å². The Bertz CT molecular complexity index is 2020. The number of esters is 2. The van der Waals surface area contributed by atoms with E-state index in [0.717, 1.165) is 12.5 Å². The Balaban J connectivity index is 1.57. The van der Waals surface area contributed by atoms with Gasteiger partial charge in [-0.25, -0.2) is 4.18 Å². The van der Waals surface area contributed by atoms with Gasteiger partial charge >= 0.3 is 22.3 Å². The van der Waals surface area contributed by atoms with Gasteiger partial charge in [0.15, 0.2) is 18.9 Å². The van der Waals surface area contributed by atoms with Crippen LogP contribution in [-0.2, 0) is 84.8 Å². The molecule has 376 valence electrons. The zero-order chi connectivity index (χ0) is 49.4. The third kappa shape index (κ3) is 15.1. The molecule has 0 bridgehead atoms. The minimum absolute atomic E-state index is 0.0444. The van der Waals surface area contributed by atoms with Crippen molar-refractivity contribution < 1.29 is 99.7 Å². The highest BCUT2D eigenvalue weighted by Gasteiger charge is 2.56. The molecule has 0 radical (unpaired) electrons. The largest absolute Gasteiger partial charge is 0.462 e.